The van der Waals surface area contributed by atoms with Crippen molar-refractivity contribution in [2.45, 2.75) is 34.6 Å². The summed E-state index contributed by atoms with van der Waals surface area (Å²) in [6, 6.07) is 9.78. The highest BCUT2D eigenvalue weighted by atomic mass is 16.1. The smallest absolute Gasteiger partial charge is 0.295 e. The number of rotatable bonds is 5. The van der Waals surface area contributed by atoms with Crippen LogP contribution in [-0.4, -0.2) is 15.9 Å². The SMILES string of the molecule is CC(C)=C[C@H]1[C@@H](CNc2c(C)n(C)n(-c3ccccc3)c2=O)C1(C)C. The van der Waals surface area contributed by atoms with Crippen LogP contribution < -0.4 is 10.9 Å². The van der Waals surface area contributed by atoms with Gasteiger partial charge in [0, 0.05) is 13.6 Å². The van der Waals surface area contributed by atoms with Gasteiger partial charge in [-0.05, 0) is 50.2 Å². The number of para-hydroxylation sites is 1. The molecule has 1 aromatic heterocycles. The van der Waals surface area contributed by atoms with Crippen LogP contribution in [0.5, 0.6) is 0 Å². The Morgan fingerprint density at radius 3 is 2.48 bits per heavy atom. The molecule has 134 valence electrons. The number of nitrogens with zero attached hydrogens (tertiary/aromatic N) is 2. The van der Waals surface area contributed by atoms with E-state index >= 15 is 0 Å². The van der Waals surface area contributed by atoms with E-state index in [1.807, 2.05) is 49.0 Å². The Balaban J connectivity index is 1.84. The summed E-state index contributed by atoms with van der Waals surface area (Å²) in [7, 11) is 1.93. The highest BCUT2D eigenvalue weighted by Gasteiger charge is 2.55. The molecule has 1 heterocycles. The summed E-state index contributed by atoms with van der Waals surface area (Å²) in [5.41, 5.74) is 4.24. The molecular formula is C21H29N3O. The molecule has 0 radical (unpaired) electrons. The summed E-state index contributed by atoms with van der Waals surface area (Å²) in [6.07, 6.45) is 2.37. The van der Waals surface area contributed by atoms with Gasteiger partial charge in [-0.2, -0.15) is 0 Å². The normalized spacial score (nSPS) is 21.0. The molecule has 0 saturated heterocycles. The number of allylic oxidation sites excluding steroid dienone is 2. The maximum Gasteiger partial charge on any atom is 0.295 e. The molecule has 1 N–H and O–H groups in total. The molecule has 0 aliphatic heterocycles. The number of benzene rings is 1. The highest BCUT2D eigenvalue weighted by Crippen LogP contribution is 2.59. The van der Waals surface area contributed by atoms with Crippen molar-refractivity contribution in [2.75, 3.05) is 11.9 Å². The van der Waals surface area contributed by atoms with E-state index in [2.05, 4.69) is 39.1 Å². The minimum absolute atomic E-state index is 0.0171. The van der Waals surface area contributed by atoms with Gasteiger partial charge in [-0.25, -0.2) is 4.68 Å². The molecule has 4 nitrogen and oxygen atoms in total. The van der Waals surface area contributed by atoms with Crippen LogP contribution in [0.25, 0.3) is 5.69 Å². The molecule has 0 spiro atoms. The Kier molecular flexibility index (Phi) is 4.40. The van der Waals surface area contributed by atoms with E-state index in [9.17, 15) is 4.79 Å². The highest BCUT2D eigenvalue weighted by molar-refractivity contribution is 5.49. The van der Waals surface area contributed by atoms with Gasteiger partial charge in [0.05, 0.1) is 11.4 Å². The van der Waals surface area contributed by atoms with Gasteiger partial charge >= 0.3 is 0 Å². The van der Waals surface area contributed by atoms with Crippen LogP contribution in [0.2, 0.25) is 0 Å². The van der Waals surface area contributed by atoms with Gasteiger partial charge in [0.2, 0.25) is 0 Å². The molecule has 3 rings (SSSR count). The first-order valence-corrected chi connectivity index (χ1v) is 8.98. The van der Waals surface area contributed by atoms with Crippen LogP contribution in [0, 0.1) is 24.2 Å². The van der Waals surface area contributed by atoms with Crippen molar-refractivity contribution < 1.29 is 0 Å². The van der Waals surface area contributed by atoms with Crippen LogP contribution in [0.1, 0.15) is 33.4 Å². The van der Waals surface area contributed by atoms with Gasteiger partial charge in [0.25, 0.3) is 5.56 Å². The molecule has 1 fully saturated rings. The maximum atomic E-state index is 12.9. The first kappa shape index (κ1) is 17.6. The number of nitrogens with one attached hydrogen (secondary N) is 1. The molecule has 1 aromatic carbocycles. The summed E-state index contributed by atoms with van der Waals surface area (Å²) >= 11 is 0. The average Bonchev–Trinajstić information content (AvgIpc) is 2.98. The van der Waals surface area contributed by atoms with E-state index in [1.54, 1.807) is 4.68 Å². The molecule has 25 heavy (non-hydrogen) atoms. The molecule has 1 aliphatic rings. The Morgan fingerprint density at radius 2 is 1.88 bits per heavy atom. The summed E-state index contributed by atoms with van der Waals surface area (Å²) in [6.45, 7) is 11.7. The van der Waals surface area contributed by atoms with Crippen molar-refractivity contribution in [3.8, 4) is 5.69 Å². The number of aromatic nitrogens is 2. The summed E-state index contributed by atoms with van der Waals surface area (Å²) in [5.74, 6) is 1.15. The fourth-order valence-electron chi connectivity index (χ4n) is 3.85. The van der Waals surface area contributed by atoms with Crippen LogP contribution in [0.4, 0.5) is 5.69 Å². The van der Waals surface area contributed by atoms with E-state index in [4.69, 9.17) is 0 Å². The molecule has 4 heteroatoms. The predicted molar refractivity (Wildman–Crippen MR) is 104 cm³/mol. The maximum absolute atomic E-state index is 12.9. The fraction of sp³-hybridized carbons (Fsp3) is 0.476. The lowest BCUT2D eigenvalue weighted by atomic mass is 10.1. The van der Waals surface area contributed by atoms with Gasteiger partial charge in [-0.15, -0.1) is 0 Å². The first-order chi connectivity index (χ1) is 11.7. The molecule has 2 atom stereocenters. The van der Waals surface area contributed by atoms with E-state index in [0.29, 0.717) is 22.9 Å². The van der Waals surface area contributed by atoms with Gasteiger partial charge in [-0.3, -0.25) is 9.48 Å². The monoisotopic (exact) mass is 339 g/mol. The van der Waals surface area contributed by atoms with E-state index < -0.39 is 0 Å². The largest absolute Gasteiger partial charge is 0.379 e. The van der Waals surface area contributed by atoms with Crippen LogP contribution >= 0.6 is 0 Å². The molecule has 0 unspecified atom stereocenters. The van der Waals surface area contributed by atoms with Gasteiger partial charge in [0.1, 0.15) is 5.69 Å². The number of hydrogen-bond donors (Lipinski definition) is 1. The second-order valence-electron chi connectivity index (χ2n) is 8.02. The first-order valence-electron chi connectivity index (χ1n) is 8.98. The molecular weight excluding hydrogens is 310 g/mol. The molecule has 1 saturated carbocycles. The fourth-order valence-corrected chi connectivity index (χ4v) is 3.85. The van der Waals surface area contributed by atoms with Crippen molar-refractivity contribution in [1.29, 1.82) is 0 Å². The van der Waals surface area contributed by atoms with Crippen LogP contribution in [0.15, 0.2) is 46.8 Å². The van der Waals surface area contributed by atoms with Crippen LogP contribution in [0.3, 0.4) is 0 Å². The minimum Gasteiger partial charge on any atom is -0.379 e. The molecule has 1 aliphatic carbocycles. The topological polar surface area (TPSA) is 39.0 Å². The van der Waals surface area contributed by atoms with Gasteiger partial charge in [0.15, 0.2) is 0 Å². The third-order valence-electron chi connectivity index (χ3n) is 5.71. The van der Waals surface area contributed by atoms with E-state index in [0.717, 1.165) is 17.9 Å². The zero-order valence-electron chi connectivity index (χ0n) is 16.1. The van der Waals surface area contributed by atoms with Gasteiger partial charge in [-0.1, -0.05) is 43.7 Å². The van der Waals surface area contributed by atoms with Crippen molar-refractivity contribution in [1.82, 2.24) is 9.36 Å². The Bertz CT molecular complexity index is 851. The van der Waals surface area contributed by atoms with E-state index in [-0.39, 0.29) is 5.56 Å². The number of anilines is 1. The second kappa shape index (κ2) is 6.25. The summed E-state index contributed by atoms with van der Waals surface area (Å²) in [4.78, 5) is 12.9. The van der Waals surface area contributed by atoms with E-state index in [1.165, 1.54) is 5.57 Å². The van der Waals surface area contributed by atoms with Crippen molar-refractivity contribution in [3.05, 3.63) is 58.0 Å². The standard InChI is InChI=1S/C21H29N3O/c1-14(2)12-17-18(21(17,4)5)13-22-19-15(3)23(6)24(20(19)25)16-10-8-7-9-11-16/h7-12,17-18,22H,13H2,1-6H3/t17-,18+/m0/s1. The Labute approximate surface area is 150 Å². The lowest BCUT2D eigenvalue weighted by molar-refractivity contribution is 0.561. The lowest BCUT2D eigenvalue weighted by Crippen LogP contribution is -2.21. The second-order valence-corrected chi connectivity index (χ2v) is 8.02. The molecule has 2 aromatic rings. The van der Waals surface area contributed by atoms with Crippen molar-refractivity contribution in [3.63, 3.8) is 0 Å². The van der Waals surface area contributed by atoms with Crippen LogP contribution in [-0.2, 0) is 7.05 Å². The third kappa shape index (κ3) is 3.06. The molecule has 0 amide bonds. The Morgan fingerprint density at radius 1 is 1.24 bits per heavy atom. The lowest BCUT2D eigenvalue weighted by Gasteiger charge is -2.07. The minimum atomic E-state index is 0.0171. The molecule has 0 bridgehead atoms. The Hall–Kier alpha value is -2.23. The van der Waals surface area contributed by atoms with Gasteiger partial charge < -0.3 is 5.32 Å². The summed E-state index contributed by atoms with van der Waals surface area (Å²) < 4.78 is 3.65. The average molecular weight is 339 g/mol. The zero-order valence-corrected chi connectivity index (χ0v) is 16.1. The van der Waals surface area contributed by atoms with Crippen molar-refractivity contribution >= 4 is 5.69 Å². The van der Waals surface area contributed by atoms with Crippen molar-refractivity contribution in [2.24, 2.45) is 24.3 Å². The quantitative estimate of drug-likeness (QED) is 0.832. The number of hydrogen-bond acceptors (Lipinski definition) is 2. The zero-order chi connectivity index (χ0) is 18.4. The summed E-state index contributed by atoms with van der Waals surface area (Å²) in [5, 5.41) is 3.45. The predicted octanol–water partition coefficient (Wildman–Crippen LogP) is 4.13. The third-order valence-corrected chi connectivity index (χ3v) is 5.71.